The average Bonchev–Trinajstić information content (AvgIpc) is 2.85. The molecule has 1 unspecified atom stereocenters. The predicted molar refractivity (Wildman–Crippen MR) is 183 cm³/mol. The van der Waals surface area contributed by atoms with E-state index in [0.717, 1.165) is 35.1 Å². The molecule has 3 N–H and O–H groups in total. The van der Waals surface area contributed by atoms with Crippen molar-refractivity contribution in [3.63, 3.8) is 0 Å². The average molecular weight is 605 g/mol. The van der Waals surface area contributed by atoms with Crippen molar-refractivity contribution >= 4 is 18.4 Å². The highest BCUT2D eigenvalue weighted by Gasteiger charge is 2.42. The number of carbonyl (C=O) groups is 1. The van der Waals surface area contributed by atoms with Crippen LogP contribution < -0.4 is 0 Å². The van der Waals surface area contributed by atoms with E-state index in [1.807, 2.05) is 12.1 Å². The fraction of sp³-hybridized carbons (Fsp3) is 0.605. The van der Waals surface area contributed by atoms with E-state index in [2.05, 4.69) is 95.2 Å². The fourth-order valence-electron chi connectivity index (χ4n) is 5.97. The van der Waals surface area contributed by atoms with Gasteiger partial charge in [0.25, 0.3) is 0 Å². The van der Waals surface area contributed by atoms with E-state index in [-0.39, 0.29) is 39.6 Å². The first kappa shape index (κ1) is 35.3. The van der Waals surface area contributed by atoms with Crippen molar-refractivity contribution in [3.05, 3.63) is 57.6 Å². The van der Waals surface area contributed by atoms with E-state index in [1.54, 1.807) is 12.4 Å². The van der Waals surface area contributed by atoms with Crippen molar-refractivity contribution in [1.29, 1.82) is 0 Å². The maximum Gasteiger partial charge on any atom is 0.305 e. The minimum Gasteiger partial charge on any atom is -0.507 e. The summed E-state index contributed by atoms with van der Waals surface area (Å²) in [5.41, 5.74) is 3.27. The normalized spacial score (nSPS) is 20.5. The number of hydrogen-bond donors (Lipinski definition) is 3. The van der Waals surface area contributed by atoms with Crippen LogP contribution in [0, 0.1) is 0 Å². The number of nitrogens with zero attached hydrogens (tertiary/aromatic N) is 2. The van der Waals surface area contributed by atoms with Crippen LogP contribution in [-0.4, -0.2) is 45.3 Å². The van der Waals surface area contributed by atoms with Gasteiger partial charge in [-0.3, -0.25) is 14.8 Å². The summed E-state index contributed by atoms with van der Waals surface area (Å²) in [6.07, 6.45) is 6.25. The zero-order valence-electron chi connectivity index (χ0n) is 29.2. The number of phenols is 2. The Kier molecular flexibility index (Phi) is 9.90. The molecule has 0 radical (unpaired) electrons. The lowest BCUT2D eigenvalue weighted by atomic mass is 9.75. The molecule has 1 fully saturated rings. The van der Waals surface area contributed by atoms with Crippen molar-refractivity contribution in [2.75, 3.05) is 0 Å². The van der Waals surface area contributed by atoms with Gasteiger partial charge < -0.3 is 15.3 Å². The Morgan fingerprint density at radius 2 is 1.20 bits per heavy atom. The van der Waals surface area contributed by atoms with Gasteiger partial charge in [0.1, 0.15) is 11.5 Å². The fourth-order valence-corrected chi connectivity index (χ4v) is 5.97. The molecule has 0 aliphatic heterocycles. The number of benzene rings is 2. The highest BCUT2D eigenvalue weighted by atomic mass is 16.4. The van der Waals surface area contributed by atoms with Gasteiger partial charge in [0.15, 0.2) is 0 Å². The topological polar surface area (TPSA) is 102 Å². The molecule has 0 amide bonds. The Labute approximate surface area is 265 Å². The summed E-state index contributed by atoms with van der Waals surface area (Å²) in [6.45, 7) is 25.3. The predicted octanol–water partition coefficient (Wildman–Crippen LogP) is 8.98. The van der Waals surface area contributed by atoms with E-state index >= 15 is 0 Å². The summed E-state index contributed by atoms with van der Waals surface area (Å²) < 4.78 is 0. The molecule has 1 aliphatic carbocycles. The molecule has 3 rings (SSSR count). The van der Waals surface area contributed by atoms with Crippen LogP contribution >= 0.6 is 0 Å². The largest absolute Gasteiger partial charge is 0.507 e. The molecule has 0 heterocycles. The minimum atomic E-state index is -0.975. The van der Waals surface area contributed by atoms with E-state index in [1.165, 1.54) is 0 Å². The van der Waals surface area contributed by atoms with Gasteiger partial charge in [-0.05, 0) is 57.8 Å². The van der Waals surface area contributed by atoms with Gasteiger partial charge in [-0.15, -0.1) is 0 Å². The molecule has 6 nitrogen and oxygen atoms in total. The highest BCUT2D eigenvalue weighted by Crippen LogP contribution is 2.41. The zero-order chi connectivity index (χ0) is 33.5. The molecular formula is C38H56N2O4. The molecule has 1 saturated carbocycles. The zero-order valence-corrected chi connectivity index (χ0v) is 29.2. The Morgan fingerprint density at radius 1 is 0.750 bits per heavy atom. The third-order valence-corrected chi connectivity index (χ3v) is 8.90. The molecule has 2 aromatic carbocycles. The lowest BCUT2D eigenvalue weighted by Gasteiger charge is -2.38. The van der Waals surface area contributed by atoms with Crippen LogP contribution in [0.25, 0.3) is 0 Å². The number of carboxylic acid groups (broad SMARTS) is 1. The summed E-state index contributed by atoms with van der Waals surface area (Å²) in [7, 11) is 0. The van der Waals surface area contributed by atoms with E-state index < -0.39 is 17.6 Å². The van der Waals surface area contributed by atoms with Crippen LogP contribution in [-0.2, 0) is 26.5 Å². The molecule has 2 aromatic rings. The number of hydrogen-bond acceptors (Lipinski definition) is 5. The van der Waals surface area contributed by atoms with Crippen molar-refractivity contribution in [2.45, 2.75) is 148 Å². The molecule has 44 heavy (non-hydrogen) atoms. The molecular weight excluding hydrogens is 548 g/mol. The number of aromatic hydroxyl groups is 2. The Bertz CT molecular complexity index is 1430. The van der Waals surface area contributed by atoms with Crippen molar-refractivity contribution in [2.24, 2.45) is 9.98 Å². The molecule has 1 aliphatic rings. The SMILES string of the molecule is CC(C)(C)c1cc(C=NC2CCCC[C@@]2(CC(=O)O)N=Cc2cc(C(C)(C)C)cc(C(C)(C)C)c2O)c(O)c(C(C)(C)C)c1. The lowest BCUT2D eigenvalue weighted by molar-refractivity contribution is -0.138. The van der Waals surface area contributed by atoms with Crippen molar-refractivity contribution in [3.8, 4) is 11.5 Å². The van der Waals surface area contributed by atoms with E-state index in [9.17, 15) is 20.1 Å². The van der Waals surface area contributed by atoms with Crippen molar-refractivity contribution in [1.82, 2.24) is 0 Å². The number of aliphatic carboxylic acids is 1. The van der Waals surface area contributed by atoms with E-state index in [0.29, 0.717) is 24.0 Å². The third kappa shape index (κ3) is 8.11. The van der Waals surface area contributed by atoms with Crippen LogP contribution in [0.1, 0.15) is 149 Å². The smallest absolute Gasteiger partial charge is 0.305 e. The van der Waals surface area contributed by atoms with Gasteiger partial charge in [-0.1, -0.05) is 108 Å². The minimum absolute atomic E-state index is 0.131. The molecule has 0 aromatic heterocycles. The maximum absolute atomic E-state index is 12.3. The van der Waals surface area contributed by atoms with E-state index in [4.69, 9.17) is 9.98 Å². The summed E-state index contributed by atoms with van der Waals surface area (Å²) in [4.78, 5) is 22.3. The van der Waals surface area contributed by atoms with Crippen LogP contribution in [0.3, 0.4) is 0 Å². The molecule has 0 saturated heterocycles. The summed E-state index contributed by atoms with van der Waals surface area (Å²) in [5, 5.41) is 32.8. The van der Waals surface area contributed by atoms with Crippen LogP contribution in [0.15, 0.2) is 34.3 Å². The molecule has 242 valence electrons. The van der Waals surface area contributed by atoms with Gasteiger partial charge in [-0.2, -0.15) is 0 Å². The second-order valence-corrected chi connectivity index (χ2v) is 16.9. The van der Waals surface area contributed by atoms with Crippen LogP contribution in [0.5, 0.6) is 11.5 Å². The second kappa shape index (κ2) is 12.3. The first-order valence-electron chi connectivity index (χ1n) is 16.0. The highest BCUT2D eigenvalue weighted by molar-refractivity contribution is 5.87. The number of rotatable bonds is 6. The van der Waals surface area contributed by atoms with Crippen LogP contribution in [0.2, 0.25) is 0 Å². The summed E-state index contributed by atoms with van der Waals surface area (Å²) >= 11 is 0. The molecule has 0 spiro atoms. The standard InChI is InChI=1S/C38H56N2O4/c1-34(2,3)26-17-24(32(43)28(19-26)36(7,8)9)22-39-30-15-13-14-16-38(30,21-31(41)42)40-23-25-18-27(35(4,5)6)20-29(33(25)44)37(10,11)12/h17-20,22-23,30,43-44H,13-16,21H2,1-12H3,(H,41,42)/t30?,38-/m0/s1. The number of carboxylic acids is 1. The number of phenolic OH excluding ortho intramolecular Hbond substituents is 2. The van der Waals surface area contributed by atoms with Gasteiger partial charge in [0.2, 0.25) is 0 Å². The summed E-state index contributed by atoms with van der Waals surface area (Å²) in [6, 6.07) is 7.71. The van der Waals surface area contributed by atoms with Gasteiger partial charge >= 0.3 is 5.97 Å². The molecule has 2 atom stereocenters. The first-order valence-corrected chi connectivity index (χ1v) is 16.0. The Balaban J connectivity index is 2.18. The number of aliphatic imine (C=N–C) groups is 2. The molecule has 6 heteroatoms. The second-order valence-electron chi connectivity index (χ2n) is 16.9. The summed E-state index contributed by atoms with van der Waals surface area (Å²) in [5.74, 6) is -0.551. The van der Waals surface area contributed by atoms with Gasteiger partial charge in [0.05, 0.1) is 18.0 Å². The quantitative estimate of drug-likeness (QED) is 0.286. The monoisotopic (exact) mass is 604 g/mol. The Morgan fingerprint density at radius 3 is 1.61 bits per heavy atom. The van der Waals surface area contributed by atoms with Crippen LogP contribution in [0.4, 0.5) is 0 Å². The van der Waals surface area contributed by atoms with Gasteiger partial charge in [-0.25, -0.2) is 0 Å². The van der Waals surface area contributed by atoms with Gasteiger partial charge in [0, 0.05) is 34.7 Å². The third-order valence-electron chi connectivity index (χ3n) is 8.90. The lowest BCUT2D eigenvalue weighted by Crippen LogP contribution is -2.44. The maximum atomic E-state index is 12.3. The molecule has 0 bridgehead atoms. The first-order chi connectivity index (χ1) is 20.0. The Hall–Kier alpha value is -3.15. The van der Waals surface area contributed by atoms with Crippen molar-refractivity contribution < 1.29 is 20.1 Å².